The molecule has 2 fully saturated rings. The van der Waals surface area contributed by atoms with E-state index in [-0.39, 0.29) is 0 Å². The molecule has 2 saturated carbocycles. The summed E-state index contributed by atoms with van der Waals surface area (Å²) in [6.07, 6.45) is 6.37. The van der Waals surface area contributed by atoms with Crippen molar-refractivity contribution in [1.82, 2.24) is 30.0 Å². The highest BCUT2D eigenvalue weighted by atomic mass is 16.5. The van der Waals surface area contributed by atoms with Gasteiger partial charge < -0.3 is 9.26 Å². The van der Waals surface area contributed by atoms with Crippen LogP contribution in [0.4, 0.5) is 0 Å². The highest BCUT2D eigenvalue weighted by Crippen LogP contribution is 2.75. The minimum Gasteiger partial charge on any atom is -0.377 e. The number of nitrogens with zero attached hydrogens (tertiary/aromatic N) is 6. The predicted octanol–water partition coefficient (Wildman–Crippen LogP) is 3.92. The fourth-order valence-corrected chi connectivity index (χ4v) is 4.91. The summed E-state index contributed by atoms with van der Waals surface area (Å²) in [7, 11) is 1.62. The van der Waals surface area contributed by atoms with E-state index in [0.717, 1.165) is 40.9 Å². The van der Waals surface area contributed by atoms with E-state index in [0.29, 0.717) is 34.9 Å². The maximum absolute atomic E-state index is 5.35. The Bertz CT molecular complexity index is 1500. The van der Waals surface area contributed by atoms with Gasteiger partial charge in [-0.2, -0.15) is 9.61 Å². The largest absolute Gasteiger partial charge is 0.377 e. The predicted molar refractivity (Wildman–Crippen MR) is 121 cm³/mol. The van der Waals surface area contributed by atoms with Crippen LogP contribution >= 0.6 is 0 Å². The number of hydrogen-bond acceptors (Lipinski definition) is 7. The first kappa shape index (κ1) is 18.9. The van der Waals surface area contributed by atoms with Gasteiger partial charge in [0.25, 0.3) is 0 Å². The number of aryl methyl sites for hydroxylation is 2. The Labute approximate surface area is 189 Å². The number of fused-ring (bicyclic) bond motifs is 4. The minimum absolute atomic E-state index is 0.346. The molecule has 7 rings (SSSR count). The molecule has 33 heavy (non-hydrogen) atoms. The molecule has 0 amide bonds. The van der Waals surface area contributed by atoms with Crippen molar-refractivity contribution in [2.24, 2.45) is 5.92 Å². The van der Waals surface area contributed by atoms with E-state index in [1.807, 2.05) is 18.2 Å². The number of pyridine rings is 1. The van der Waals surface area contributed by atoms with Gasteiger partial charge in [0.15, 0.2) is 17.1 Å². The van der Waals surface area contributed by atoms with Gasteiger partial charge in [-0.05, 0) is 43.2 Å². The lowest BCUT2D eigenvalue weighted by Crippen LogP contribution is -2.05. The number of aromatic nitrogens is 6. The maximum Gasteiger partial charge on any atom is 0.207 e. The summed E-state index contributed by atoms with van der Waals surface area (Å²) >= 11 is 0. The molecule has 4 aromatic heterocycles. The summed E-state index contributed by atoms with van der Waals surface area (Å²) < 4.78 is 12.2. The highest BCUT2D eigenvalue weighted by Gasteiger charge is 2.70. The van der Waals surface area contributed by atoms with Crippen LogP contribution in [0.15, 0.2) is 53.2 Å². The van der Waals surface area contributed by atoms with E-state index < -0.39 is 0 Å². The molecule has 8 heteroatoms. The summed E-state index contributed by atoms with van der Waals surface area (Å²) in [5.41, 5.74) is 5.26. The molecule has 0 spiro atoms. The second-order valence-electron chi connectivity index (χ2n) is 9.16. The molecule has 2 aliphatic rings. The standard InChI is InChI=1S/C25H22N6O2/c1-32-14-18-10-22(30-33-18)24-28-27-23-20-5-3-2-4-19(20)21(29-31(23)24)9-8-17-7-6-15(13-26-17)25-11-16(25)12-25/h2-7,10,13,16H,8-9,11-12,14H2,1H3. The monoisotopic (exact) mass is 438 g/mol. The summed E-state index contributed by atoms with van der Waals surface area (Å²) in [4.78, 5) is 4.75. The molecule has 2 aliphatic carbocycles. The van der Waals surface area contributed by atoms with Crippen molar-refractivity contribution in [3.05, 3.63) is 71.4 Å². The van der Waals surface area contributed by atoms with Crippen molar-refractivity contribution in [3.8, 4) is 11.5 Å². The first-order chi connectivity index (χ1) is 16.2. The van der Waals surface area contributed by atoms with Gasteiger partial charge in [0.1, 0.15) is 6.61 Å². The zero-order valence-electron chi connectivity index (χ0n) is 18.2. The lowest BCUT2D eigenvalue weighted by atomic mass is 10.0. The zero-order chi connectivity index (χ0) is 22.0. The van der Waals surface area contributed by atoms with Gasteiger partial charge in [-0.25, -0.2) is 0 Å². The second-order valence-corrected chi connectivity index (χ2v) is 9.16. The van der Waals surface area contributed by atoms with Gasteiger partial charge in [0.05, 0.1) is 5.69 Å². The zero-order valence-corrected chi connectivity index (χ0v) is 18.2. The van der Waals surface area contributed by atoms with Crippen molar-refractivity contribution in [3.63, 3.8) is 0 Å². The number of methoxy groups -OCH3 is 1. The Kier molecular flexibility index (Phi) is 3.96. The molecule has 164 valence electrons. The summed E-state index contributed by atoms with van der Waals surface area (Å²) in [5.74, 6) is 2.11. The molecule has 0 aliphatic heterocycles. The lowest BCUT2D eigenvalue weighted by molar-refractivity contribution is 0.156. The molecule has 0 unspecified atom stereocenters. The molecule has 0 atom stereocenters. The molecule has 5 aromatic rings. The maximum atomic E-state index is 5.35. The minimum atomic E-state index is 0.346. The quantitative estimate of drug-likeness (QED) is 0.380. The van der Waals surface area contributed by atoms with Crippen LogP contribution in [-0.4, -0.2) is 37.1 Å². The molecule has 0 N–H and O–H groups in total. The van der Waals surface area contributed by atoms with Crippen molar-refractivity contribution >= 4 is 16.4 Å². The van der Waals surface area contributed by atoms with Gasteiger partial charge in [0.2, 0.25) is 5.82 Å². The van der Waals surface area contributed by atoms with Gasteiger partial charge >= 0.3 is 0 Å². The Morgan fingerprint density at radius 2 is 1.94 bits per heavy atom. The molecule has 0 bridgehead atoms. The van der Waals surface area contributed by atoms with Gasteiger partial charge in [0, 0.05) is 41.3 Å². The number of benzene rings is 1. The van der Waals surface area contributed by atoms with Crippen LogP contribution in [0.5, 0.6) is 0 Å². The Balaban J connectivity index is 1.24. The number of ether oxygens (including phenoxy) is 1. The van der Waals surface area contributed by atoms with Crippen LogP contribution in [0.1, 0.15) is 35.6 Å². The summed E-state index contributed by atoms with van der Waals surface area (Å²) in [6, 6.07) is 14.4. The molecule has 8 nitrogen and oxygen atoms in total. The lowest BCUT2D eigenvalue weighted by Gasteiger charge is -2.09. The van der Waals surface area contributed by atoms with Gasteiger partial charge in [-0.1, -0.05) is 35.5 Å². The van der Waals surface area contributed by atoms with Crippen LogP contribution < -0.4 is 0 Å². The van der Waals surface area contributed by atoms with Crippen LogP contribution in [0.25, 0.3) is 27.9 Å². The SMILES string of the molecule is COCc1cc(-c2nnc3c4ccccc4c(CCc4ccc(C56CC5C6)cn4)nn23)no1. The topological polar surface area (TPSA) is 91.2 Å². The Morgan fingerprint density at radius 3 is 2.70 bits per heavy atom. The molecule has 4 heterocycles. The van der Waals surface area contributed by atoms with E-state index in [9.17, 15) is 0 Å². The normalized spacial score (nSPS) is 20.9. The fourth-order valence-electron chi connectivity index (χ4n) is 4.91. The Morgan fingerprint density at radius 1 is 1.09 bits per heavy atom. The van der Waals surface area contributed by atoms with E-state index in [4.69, 9.17) is 19.3 Å². The molecule has 0 radical (unpaired) electrons. The smallest absolute Gasteiger partial charge is 0.207 e. The number of hydrogen-bond donors (Lipinski definition) is 0. The van der Waals surface area contributed by atoms with Gasteiger partial charge in [-0.15, -0.1) is 10.2 Å². The van der Waals surface area contributed by atoms with Crippen molar-refractivity contribution < 1.29 is 9.26 Å². The van der Waals surface area contributed by atoms with E-state index in [1.165, 1.54) is 18.4 Å². The van der Waals surface area contributed by atoms with Crippen LogP contribution in [0, 0.1) is 5.92 Å². The Hall–Kier alpha value is -3.65. The third kappa shape index (κ3) is 2.97. The van der Waals surface area contributed by atoms with Gasteiger partial charge in [-0.3, -0.25) is 4.98 Å². The number of rotatable bonds is 7. The van der Waals surface area contributed by atoms with E-state index in [2.05, 4.69) is 45.8 Å². The third-order valence-electron chi connectivity index (χ3n) is 7.12. The van der Waals surface area contributed by atoms with E-state index in [1.54, 1.807) is 11.6 Å². The van der Waals surface area contributed by atoms with Crippen molar-refractivity contribution in [2.45, 2.75) is 37.7 Å². The summed E-state index contributed by atoms with van der Waals surface area (Å²) in [5, 5.41) is 19.9. The first-order valence-electron chi connectivity index (χ1n) is 11.3. The average Bonchev–Trinajstić information content (AvgIpc) is 3.58. The van der Waals surface area contributed by atoms with E-state index >= 15 is 0 Å². The molecular formula is C25H22N6O2. The average molecular weight is 438 g/mol. The third-order valence-corrected chi connectivity index (χ3v) is 7.12. The highest BCUT2D eigenvalue weighted by molar-refractivity contribution is 5.95. The first-order valence-corrected chi connectivity index (χ1v) is 11.3. The van der Waals surface area contributed by atoms with Crippen LogP contribution in [-0.2, 0) is 29.6 Å². The summed E-state index contributed by atoms with van der Waals surface area (Å²) in [6.45, 7) is 0.346. The van der Waals surface area contributed by atoms with Crippen molar-refractivity contribution in [1.29, 1.82) is 0 Å². The van der Waals surface area contributed by atoms with Crippen molar-refractivity contribution in [2.75, 3.05) is 7.11 Å². The molecular weight excluding hydrogens is 416 g/mol. The molecule has 1 aromatic carbocycles. The molecule has 0 saturated heterocycles. The fraction of sp³-hybridized carbons (Fsp3) is 0.320. The van der Waals surface area contributed by atoms with Crippen LogP contribution in [0.3, 0.4) is 0 Å². The second kappa shape index (κ2) is 6.92. The van der Waals surface area contributed by atoms with Crippen LogP contribution in [0.2, 0.25) is 0 Å².